The average molecular weight is 372 g/mol. The molecule has 0 saturated heterocycles. The number of benzene rings is 2. The van der Waals surface area contributed by atoms with Gasteiger partial charge < -0.3 is 15.5 Å². The minimum absolute atomic E-state index is 0.0248. The van der Waals surface area contributed by atoms with Crippen molar-refractivity contribution >= 4 is 17.7 Å². The molecule has 0 radical (unpaired) electrons. The number of hydrogen-bond acceptors (Lipinski definition) is 4. The molecule has 26 heavy (non-hydrogen) atoms. The van der Waals surface area contributed by atoms with Crippen molar-refractivity contribution in [3.8, 4) is 0 Å². The van der Waals surface area contributed by atoms with Crippen LogP contribution in [0.15, 0.2) is 59.5 Å². The summed E-state index contributed by atoms with van der Waals surface area (Å²) in [7, 11) is 0. The number of hydrogen-bond donors (Lipinski definition) is 3. The van der Waals surface area contributed by atoms with Crippen LogP contribution in [0.4, 0.5) is 0 Å². The van der Waals surface area contributed by atoms with Crippen LogP contribution in [0.3, 0.4) is 0 Å². The Morgan fingerprint density at radius 1 is 1.12 bits per heavy atom. The Kier molecular flexibility index (Phi) is 6.72. The van der Waals surface area contributed by atoms with E-state index in [1.807, 2.05) is 42.5 Å². The molecule has 1 amide bonds. The van der Waals surface area contributed by atoms with Crippen molar-refractivity contribution in [3.05, 3.63) is 65.7 Å². The largest absolute Gasteiger partial charge is 0.396 e. The Morgan fingerprint density at radius 2 is 1.81 bits per heavy atom. The molecular weight excluding hydrogens is 346 g/mol. The number of nitrogens with one attached hydrogen (secondary N) is 1. The fourth-order valence-electron chi connectivity index (χ4n) is 3.28. The summed E-state index contributed by atoms with van der Waals surface area (Å²) in [6, 6.07) is 17.6. The first-order chi connectivity index (χ1) is 12.7. The molecule has 3 rings (SSSR count). The van der Waals surface area contributed by atoms with Gasteiger partial charge in [0.05, 0.1) is 12.7 Å². The van der Waals surface area contributed by atoms with Gasteiger partial charge in [-0.1, -0.05) is 30.3 Å². The molecule has 1 aliphatic carbocycles. The molecule has 5 heteroatoms. The van der Waals surface area contributed by atoms with Gasteiger partial charge in [0.2, 0.25) is 0 Å². The minimum Gasteiger partial charge on any atom is -0.396 e. The van der Waals surface area contributed by atoms with E-state index in [1.165, 1.54) is 5.56 Å². The van der Waals surface area contributed by atoms with Gasteiger partial charge in [0.1, 0.15) is 0 Å². The number of thioether (sulfide) groups is 1. The van der Waals surface area contributed by atoms with Crippen molar-refractivity contribution in [3.63, 3.8) is 0 Å². The van der Waals surface area contributed by atoms with E-state index in [-0.39, 0.29) is 24.7 Å². The van der Waals surface area contributed by atoms with Gasteiger partial charge in [-0.2, -0.15) is 0 Å². The molecule has 0 bridgehead atoms. The van der Waals surface area contributed by atoms with Crippen LogP contribution in [0.25, 0.3) is 0 Å². The maximum absolute atomic E-state index is 12.7. The van der Waals surface area contributed by atoms with Crippen LogP contribution in [-0.2, 0) is 6.42 Å². The molecule has 2 aromatic carbocycles. The first-order valence-electron chi connectivity index (χ1n) is 9.02. The third-order valence-corrected chi connectivity index (χ3v) is 5.80. The molecule has 1 saturated carbocycles. The first kappa shape index (κ1) is 19.0. The Morgan fingerprint density at radius 3 is 2.42 bits per heavy atom. The summed E-state index contributed by atoms with van der Waals surface area (Å²) in [5.74, 6) is 0.883. The van der Waals surface area contributed by atoms with Crippen LogP contribution in [0.2, 0.25) is 0 Å². The second-order valence-corrected chi connectivity index (χ2v) is 7.92. The van der Waals surface area contributed by atoms with Crippen molar-refractivity contribution in [2.75, 3.05) is 12.4 Å². The summed E-state index contributed by atoms with van der Waals surface area (Å²) >= 11 is 1.56. The average Bonchev–Trinajstić information content (AvgIpc) is 2.64. The highest BCUT2D eigenvalue weighted by Crippen LogP contribution is 2.32. The second kappa shape index (κ2) is 9.21. The fraction of sp³-hybridized carbons (Fsp3) is 0.381. The zero-order valence-electron chi connectivity index (χ0n) is 14.7. The summed E-state index contributed by atoms with van der Waals surface area (Å²) in [5, 5.41) is 21.7. The number of aliphatic hydroxyl groups is 2. The molecule has 1 fully saturated rings. The van der Waals surface area contributed by atoms with Gasteiger partial charge in [-0.25, -0.2) is 0 Å². The van der Waals surface area contributed by atoms with Crippen molar-refractivity contribution in [1.82, 2.24) is 5.32 Å². The van der Waals surface area contributed by atoms with Crippen LogP contribution in [0.5, 0.6) is 0 Å². The van der Waals surface area contributed by atoms with Crippen molar-refractivity contribution in [1.29, 1.82) is 0 Å². The number of amides is 1. The molecule has 2 aromatic rings. The fourth-order valence-corrected chi connectivity index (χ4v) is 3.94. The second-order valence-electron chi connectivity index (χ2n) is 6.75. The van der Waals surface area contributed by atoms with Gasteiger partial charge in [0.15, 0.2) is 0 Å². The summed E-state index contributed by atoms with van der Waals surface area (Å²) in [5.41, 5.74) is 1.83. The topological polar surface area (TPSA) is 69.6 Å². The lowest BCUT2D eigenvalue weighted by Crippen LogP contribution is -2.48. The van der Waals surface area contributed by atoms with Gasteiger partial charge in [-0.05, 0) is 55.0 Å². The van der Waals surface area contributed by atoms with Crippen LogP contribution in [0, 0.1) is 5.92 Å². The van der Waals surface area contributed by atoms with E-state index in [9.17, 15) is 9.90 Å². The van der Waals surface area contributed by atoms with Crippen molar-refractivity contribution in [2.45, 2.75) is 36.3 Å². The highest BCUT2D eigenvalue weighted by Gasteiger charge is 2.34. The zero-order chi connectivity index (χ0) is 18.4. The summed E-state index contributed by atoms with van der Waals surface area (Å²) in [6.07, 6.45) is 2.02. The van der Waals surface area contributed by atoms with Gasteiger partial charge in [0, 0.05) is 22.3 Å². The molecule has 1 atom stereocenters. The quantitative estimate of drug-likeness (QED) is 0.624. The molecule has 3 N–H and O–H groups in total. The van der Waals surface area contributed by atoms with E-state index in [2.05, 4.69) is 17.4 Å². The molecule has 4 nitrogen and oxygen atoms in total. The first-order valence-corrected chi connectivity index (χ1v) is 10.0. The highest BCUT2D eigenvalue weighted by atomic mass is 32.2. The van der Waals surface area contributed by atoms with Crippen molar-refractivity contribution in [2.24, 2.45) is 5.92 Å². The lowest BCUT2D eigenvalue weighted by molar-refractivity contribution is 0.0239. The normalized spacial score (nSPS) is 20.2. The molecule has 1 aliphatic rings. The molecule has 0 aromatic heterocycles. The van der Waals surface area contributed by atoms with Gasteiger partial charge in [-0.15, -0.1) is 11.8 Å². The number of carbonyl (C=O) groups is 1. The standard InChI is InChI=1S/C21H25NO3S/c23-10-11-26-19-8-6-16(7-9-19)21(25)22-20(17-13-18(24)14-17)12-15-4-2-1-3-5-15/h1-9,17-18,20,23-24H,10-14H2,(H,22,25)/t17?,18?,20-/m0/s1. The predicted octanol–water partition coefficient (Wildman–Crippen LogP) is 2.88. The van der Waals surface area contributed by atoms with Gasteiger partial charge in [0.25, 0.3) is 5.91 Å². The smallest absolute Gasteiger partial charge is 0.251 e. The molecular formula is C21H25NO3S. The van der Waals surface area contributed by atoms with E-state index < -0.39 is 0 Å². The monoisotopic (exact) mass is 371 g/mol. The SMILES string of the molecule is O=C(N[C@@H](Cc1ccccc1)C1CC(O)C1)c1ccc(SCCO)cc1. The van der Waals surface area contributed by atoms with Gasteiger partial charge >= 0.3 is 0 Å². The summed E-state index contributed by atoms with van der Waals surface area (Å²) in [4.78, 5) is 13.7. The van der Waals surface area contributed by atoms with Crippen LogP contribution >= 0.6 is 11.8 Å². The Balaban J connectivity index is 1.64. The molecule has 0 heterocycles. The minimum atomic E-state index is -0.238. The highest BCUT2D eigenvalue weighted by molar-refractivity contribution is 7.99. The maximum Gasteiger partial charge on any atom is 0.251 e. The predicted molar refractivity (Wildman–Crippen MR) is 104 cm³/mol. The summed E-state index contributed by atoms with van der Waals surface area (Å²) < 4.78 is 0. The number of rotatable bonds is 8. The maximum atomic E-state index is 12.7. The van der Waals surface area contributed by atoms with Crippen LogP contribution in [-0.4, -0.2) is 40.6 Å². The Hall–Kier alpha value is -1.82. The third kappa shape index (κ3) is 5.10. The molecule has 0 unspecified atom stereocenters. The lowest BCUT2D eigenvalue weighted by Gasteiger charge is -2.38. The molecule has 0 aliphatic heterocycles. The molecule has 138 valence electrons. The zero-order valence-corrected chi connectivity index (χ0v) is 15.5. The Labute approximate surface area is 158 Å². The lowest BCUT2D eigenvalue weighted by atomic mass is 9.75. The van der Waals surface area contributed by atoms with E-state index in [1.54, 1.807) is 11.8 Å². The third-order valence-electron chi connectivity index (χ3n) is 4.81. The van der Waals surface area contributed by atoms with E-state index >= 15 is 0 Å². The summed E-state index contributed by atoms with van der Waals surface area (Å²) in [6.45, 7) is 0.140. The van der Waals surface area contributed by atoms with E-state index in [0.29, 0.717) is 17.2 Å². The van der Waals surface area contributed by atoms with Crippen LogP contribution < -0.4 is 5.32 Å². The van der Waals surface area contributed by atoms with Crippen molar-refractivity contribution < 1.29 is 15.0 Å². The van der Waals surface area contributed by atoms with Crippen LogP contribution in [0.1, 0.15) is 28.8 Å². The number of carbonyl (C=O) groups excluding carboxylic acids is 1. The molecule has 0 spiro atoms. The van der Waals surface area contributed by atoms with Gasteiger partial charge in [-0.3, -0.25) is 4.79 Å². The van der Waals surface area contributed by atoms with E-state index in [0.717, 1.165) is 24.2 Å². The Bertz CT molecular complexity index is 699. The number of aliphatic hydroxyl groups excluding tert-OH is 2. The van der Waals surface area contributed by atoms with E-state index in [4.69, 9.17) is 5.11 Å².